The number of hydrogen-bond donors (Lipinski definition) is 0. The third-order valence-electron chi connectivity index (χ3n) is 6.11. The van der Waals surface area contributed by atoms with E-state index in [-0.39, 0.29) is 5.97 Å². The second kappa shape index (κ2) is 7.68. The summed E-state index contributed by atoms with van der Waals surface area (Å²) in [4.78, 5) is 11.3. The number of ether oxygens (including phenoxy) is 1. The summed E-state index contributed by atoms with van der Waals surface area (Å²) in [5, 5.41) is 0. The van der Waals surface area contributed by atoms with E-state index in [1.165, 1.54) is 57.8 Å². The van der Waals surface area contributed by atoms with Gasteiger partial charge < -0.3 is 4.74 Å². The number of hydrogen-bond acceptors (Lipinski definition) is 2. The lowest BCUT2D eigenvalue weighted by molar-refractivity contribution is -0.139. The van der Waals surface area contributed by atoms with Gasteiger partial charge in [-0.1, -0.05) is 31.1 Å². The molecule has 128 valence electrons. The summed E-state index contributed by atoms with van der Waals surface area (Å²) in [5.41, 5.74) is 2.76. The van der Waals surface area contributed by atoms with Crippen molar-refractivity contribution in [1.82, 2.24) is 0 Å². The summed E-state index contributed by atoms with van der Waals surface area (Å²) >= 11 is 0. The van der Waals surface area contributed by atoms with Crippen LogP contribution in [0.5, 0.6) is 0 Å². The van der Waals surface area contributed by atoms with E-state index >= 15 is 0 Å². The summed E-state index contributed by atoms with van der Waals surface area (Å²) in [7, 11) is 0. The lowest BCUT2D eigenvalue weighted by Crippen LogP contribution is -2.12. The van der Waals surface area contributed by atoms with E-state index in [4.69, 9.17) is 4.74 Å². The monoisotopic (exact) mass is 316 g/mol. The fourth-order valence-corrected chi connectivity index (χ4v) is 4.90. The maximum atomic E-state index is 11.3. The molecule has 2 heteroatoms. The predicted octanol–water partition coefficient (Wildman–Crippen LogP) is 5.44. The van der Waals surface area contributed by atoms with Gasteiger partial charge in [0.1, 0.15) is 0 Å². The Morgan fingerprint density at radius 3 is 2.22 bits per heavy atom. The highest BCUT2D eigenvalue weighted by molar-refractivity contribution is 5.89. The molecule has 4 aliphatic rings. The average molecular weight is 316 g/mol. The van der Waals surface area contributed by atoms with Gasteiger partial charge in [0.05, 0.1) is 6.61 Å². The normalized spacial score (nSPS) is 33.1. The fraction of sp³-hybridized carbons (Fsp3) is 0.762. The van der Waals surface area contributed by atoms with Crippen LogP contribution in [-0.2, 0) is 9.53 Å². The quantitative estimate of drug-likeness (QED) is 0.499. The Hall–Kier alpha value is -1.05. The van der Waals surface area contributed by atoms with Gasteiger partial charge >= 0.3 is 5.97 Å². The molecule has 0 aromatic rings. The molecule has 0 N–H and O–H groups in total. The molecule has 0 aromatic carbocycles. The van der Waals surface area contributed by atoms with Crippen LogP contribution < -0.4 is 0 Å². The topological polar surface area (TPSA) is 26.3 Å². The van der Waals surface area contributed by atoms with Crippen LogP contribution in [-0.4, -0.2) is 12.6 Å². The van der Waals surface area contributed by atoms with Crippen LogP contribution in [0.25, 0.3) is 0 Å². The van der Waals surface area contributed by atoms with Crippen molar-refractivity contribution in [2.75, 3.05) is 6.61 Å². The fourth-order valence-electron chi connectivity index (χ4n) is 4.90. The number of carbonyl (C=O) groups is 1. The zero-order valence-corrected chi connectivity index (χ0v) is 14.9. The van der Waals surface area contributed by atoms with Crippen LogP contribution in [0.3, 0.4) is 0 Å². The zero-order valence-electron chi connectivity index (χ0n) is 14.9. The third-order valence-corrected chi connectivity index (χ3v) is 6.11. The van der Waals surface area contributed by atoms with Crippen LogP contribution in [0.15, 0.2) is 23.3 Å². The van der Waals surface area contributed by atoms with Crippen LogP contribution >= 0.6 is 0 Å². The van der Waals surface area contributed by atoms with Crippen molar-refractivity contribution in [2.24, 2.45) is 23.7 Å². The lowest BCUT2D eigenvalue weighted by atomic mass is 9.94. The highest BCUT2D eigenvalue weighted by Gasteiger charge is 2.36. The number of fused-ring (bicyclic) bond motifs is 4. The minimum absolute atomic E-state index is 0.0790. The molecule has 0 aromatic heterocycles. The van der Waals surface area contributed by atoms with Crippen LogP contribution in [0.4, 0.5) is 0 Å². The molecular formula is C21H32O2. The first kappa shape index (κ1) is 16.8. The van der Waals surface area contributed by atoms with Gasteiger partial charge in [0.15, 0.2) is 0 Å². The molecule has 2 nitrogen and oxygen atoms in total. The van der Waals surface area contributed by atoms with E-state index in [9.17, 15) is 4.79 Å². The van der Waals surface area contributed by atoms with Crippen molar-refractivity contribution in [3.8, 4) is 0 Å². The lowest BCUT2D eigenvalue weighted by Gasteiger charge is -2.11. The van der Waals surface area contributed by atoms with Gasteiger partial charge in [-0.15, -0.1) is 0 Å². The van der Waals surface area contributed by atoms with Gasteiger partial charge in [-0.2, -0.15) is 0 Å². The zero-order chi connectivity index (χ0) is 16.2. The first-order chi connectivity index (χ1) is 11.2. The van der Waals surface area contributed by atoms with Crippen molar-refractivity contribution in [1.29, 1.82) is 0 Å². The molecule has 0 spiro atoms. The molecule has 0 amide bonds. The van der Waals surface area contributed by atoms with Crippen molar-refractivity contribution in [3.05, 3.63) is 23.3 Å². The Balaban J connectivity index is 0.000000136. The molecule has 0 aliphatic heterocycles. The highest BCUT2D eigenvalue weighted by atomic mass is 16.5. The van der Waals surface area contributed by atoms with Gasteiger partial charge in [-0.3, -0.25) is 0 Å². The number of carbonyl (C=O) groups excluding carboxylic acids is 1. The predicted molar refractivity (Wildman–Crippen MR) is 94.0 cm³/mol. The van der Waals surface area contributed by atoms with Crippen molar-refractivity contribution >= 4 is 5.97 Å². The van der Waals surface area contributed by atoms with Crippen molar-refractivity contribution in [3.63, 3.8) is 0 Å². The Labute approximate surface area is 141 Å². The van der Waals surface area contributed by atoms with E-state index in [0.29, 0.717) is 18.4 Å². The Bertz CT molecular complexity index is 488. The third kappa shape index (κ3) is 3.89. The van der Waals surface area contributed by atoms with E-state index < -0.39 is 0 Å². The molecule has 4 unspecified atom stereocenters. The Kier molecular flexibility index (Phi) is 5.61. The number of esters is 1. The Morgan fingerprint density at radius 2 is 1.74 bits per heavy atom. The number of unbranched alkanes of at least 4 members (excludes halogenated alkanes) is 1. The minimum Gasteiger partial charge on any atom is -0.463 e. The molecule has 4 atom stereocenters. The van der Waals surface area contributed by atoms with Gasteiger partial charge in [-0.05, 0) is 82.0 Å². The summed E-state index contributed by atoms with van der Waals surface area (Å²) in [6.07, 6.45) is 17.0. The summed E-state index contributed by atoms with van der Waals surface area (Å²) in [6, 6.07) is 0. The highest BCUT2D eigenvalue weighted by Crippen LogP contribution is 2.45. The van der Waals surface area contributed by atoms with E-state index in [0.717, 1.165) is 17.4 Å². The van der Waals surface area contributed by atoms with E-state index in [1.807, 2.05) is 12.5 Å². The maximum Gasteiger partial charge on any atom is 0.333 e. The van der Waals surface area contributed by atoms with Crippen LogP contribution in [0.1, 0.15) is 71.6 Å². The summed E-state index contributed by atoms with van der Waals surface area (Å²) < 4.78 is 4.97. The standard InChI is InChI=1S/C11H18.C10H14O2/c1-2-3-4-10-7-9-5-6-11(10)8-9;1-2-12-10(11)9-6-7-3-4-8(9)5-7/h7,9,11H,2-6,8H2,1H3;6-8H,2-5H2,1H3. The molecule has 4 bridgehead atoms. The summed E-state index contributed by atoms with van der Waals surface area (Å²) in [5.74, 6) is 3.13. The molecule has 23 heavy (non-hydrogen) atoms. The van der Waals surface area contributed by atoms with Gasteiger partial charge in [0.2, 0.25) is 0 Å². The molecular weight excluding hydrogens is 284 g/mol. The average Bonchev–Trinajstić information content (AvgIpc) is 3.33. The van der Waals surface area contributed by atoms with Gasteiger partial charge in [-0.25, -0.2) is 4.79 Å². The van der Waals surface area contributed by atoms with Crippen LogP contribution in [0.2, 0.25) is 0 Å². The molecule has 0 saturated heterocycles. The Morgan fingerprint density at radius 1 is 1.04 bits per heavy atom. The molecule has 2 saturated carbocycles. The molecule has 2 fully saturated rings. The van der Waals surface area contributed by atoms with Gasteiger partial charge in [0, 0.05) is 5.57 Å². The van der Waals surface area contributed by atoms with Crippen molar-refractivity contribution in [2.45, 2.75) is 71.6 Å². The smallest absolute Gasteiger partial charge is 0.333 e. The number of rotatable bonds is 5. The van der Waals surface area contributed by atoms with E-state index in [1.54, 1.807) is 0 Å². The molecule has 4 rings (SSSR count). The second-order valence-electron chi connectivity index (χ2n) is 7.73. The molecule has 0 heterocycles. The van der Waals surface area contributed by atoms with E-state index in [2.05, 4.69) is 19.1 Å². The molecule has 0 radical (unpaired) electrons. The van der Waals surface area contributed by atoms with Gasteiger partial charge in [0.25, 0.3) is 0 Å². The first-order valence-corrected chi connectivity index (χ1v) is 9.80. The second-order valence-corrected chi connectivity index (χ2v) is 7.73. The SMILES string of the molecule is CCCCC1=CC2CCC1C2.CCOC(=O)C1=CC2CCC1C2. The summed E-state index contributed by atoms with van der Waals surface area (Å²) in [6.45, 7) is 4.63. The first-order valence-electron chi connectivity index (χ1n) is 9.80. The molecule has 4 aliphatic carbocycles. The number of allylic oxidation sites excluding steroid dienone is 3. The minimum atomic E-state index is -0.0790. The maximum absolute atomic E-state index is 11.3. The van der Waals surface area contributed by atoms with Crippen LogP contribution in [0, 0.1) is 23.7 Å². The largest absolute Gasteiger partial charge is 0.463 e. The van der Waals surface area contributed by atoms with Crippen molar-refractivity contribution < 1.29 is 9.53 Å².